The molecule has 0 aromatic heterocycles. The Hall–Kier alpha value is -0.220. The lowest BCUT2D eigenvalue weighted by atomic mass is 10.2. The van der Waals surface area contributed by atoms with E-state index < -0.39 is 17.7 Å². The number of hydrogen-bond acceptors (Lipinski definition) is 3. The van der Waals surface area contributed by atoms with Crippen molar-refractivity contribution in [3.8, 4) is 0 Å². The number of carboxylic acid groups (broad SMARTS) is 1. The lowest BCUT2D eigenvalue weighted by molar-refractivity contribution is -0.437. The Bertz CT molecular complexity index is 161. The van der Waals surface area contributed by atoms with Crippen LogP contribution in [0.5, 0.6) is 0 Å². The highest BCUT2D eigenvalue weighted by Gasteiger charge is 2.04. The largest absolute Gasteiger partial charge is 0.544 e. The molecule has 54 valence electrons. The minimum Gasteiger partial charge on any atom is -0.544 e. The van der Waals surface area contributed by atoms with Crippen molar-refractivity contribution in [2.24, 2.45) is 0 Å². The fourth-order valence-corrected chi connectivity index (χ4v) is 0.806. The van der Waals surface area contributed by atoms with Crippen molar-refractivity contribution in [3.05, 3.63) is 0 Å². The third-order valence-corrected chi connectivity index (χ3v) is 1.51. The van der Waals surface area contributed by atoms with Gasteiger partial charge in [-0.1, -0.05) is 0 Å². The van der Waals surface area contributed by atoms with E-state index >= 15 is 0 Å². The van der Waals surface area contributed by atoms with Crippen LogP contribution < -0.4 is 10.8 Å². The lowest BCUT2D eigenvalue weighted by Crippen LogP contribution is -2.68. The van der Waals surface area contributed by atoms with Crippen LogP contribution in [0.4, 0.5) is 0 Å². The summed E-state index contributed by atoms with van der Waals surface area (Å²) in [6.07, 6.45) is 1.90. The van der Waals surface area contributed by atoms with Gasteiger partial charge in [0.25, 0.3) is 0 Å². The number of carbonyl (C=O) groups is 1. The Labute approximate surface area is 63.0 Å². The average Bonchev–Trinajstić information content (AvgIpc) is 1.84. The molecule has 0 aromatic rings. The van der Waals surface area contributed by atoms with E-state index in [-0.39, 0.29) is 6.42 Å². The summed E-state index contributed by atoms with van der Waals surface area (Å²) in [5.74, 6) is -1.00. The normalized spacial score (nSPS) is 19.4. The van der Waals surface area contributed by atoms with Crippen molar-refractivity contribution >= 4 is 17.7 Å². The van der Waals surface area contributed by atoms with Crippen molar-refractivity contribution in [1.82, 2.24) is 0 Å². The third kappa shape index (κ3) is 4.29. The summed E-state index contributed by atoms with van der Waals surface area (Å²) in [5, 5.41) is 10.4. The van der Waals surface area contributed by atoms with Gasteiger partial charge in [-0.3, -0.25) is 0 Å². The molecule has 1 atom stereocenters. The second-order valence-corrected chi connectivity index (χ2v) is 2.60. The number of rotatable bonds is 5. The standard InChI is InChI=1S/C5H11NO2S/c1-9-3-2-4(6)5(7)8/h4H,2-3,6H2,1H3,(H,7,8)/i/hD3. The molecular weight excluding hydrogens is 138 g/mol. The Balaban J connectivity index is 4.15. The molecule has 0 aliphatic carbocycles. The van der Waals surface area contributed by atoms with Crippen LogP contribution in [0.15, 0.2) is 0 Å². The van der Waals surface area contributed by atoms with Crippen LogP contribution in [0, 0.1) is 0 Å². The maximum atomic E-state index is 10.4. The van der Waals surface area contributed by atoms with Crippen molar-refractivity contribution in [3.63, 3.8) is 0 Å². The maximum Gasteiger partial charge on any atom is 0.345 e. The molecule has 0 bridgehead atoms. The summed E-state index contributed by atoms with van der Waals surface area (Å²) >= 11 is 1.41. The molecule has 3 nitrogen and oxygen atoms in total. The SMILES string of the molecule is [2H][N+]([2H])([2H])C(CCSC)C(=O)[O-]. The van der Waals surface area contributed by atoms with Gasteiger partial charge in [-0.15, -0.1) is 0 Å². The van der Waals surface area contributed by atoms with Crippen LogP contribution in [0.1, 0.15) is 6.42 Å². The Kier molecular flexibility index (Phi) is 2.36. The van der Waals surface area contributed by atoms with Crippen molar-refractivity contribution in [2.45, 2.75) is 12.5 Å². The summed E-state index contributed by atoms with van der Waals surface area (Å²) in [6, 6.07) is -1.39. The smallest absolute Gasteiger partial charge is 0.345 e. The molecule has 1 unspecified atom stereocenters. The van der Waals surface area contributed by atoms with Gasteiger partial charge < -0.3 is 15.6 Å². The summed E-state index contributed by atoms with van der Waals surface area (Å²) in [7, 11) is 0. The quantitative estimate of drug-likeness (QED) is 0.500. The highest BCUT2D eigenvalue weighted by Crippen LogP contribution is 1.95. The zero-order valence-corrected chi connectivity index (χ0v) is 5.98. The fourth-order valence-electron chi connectivity index (χ4n) is 0.347. The number of hydrogen-bond donors (Lipinski definition) is 1. The zero-order chi connectivity index (χ0) is 9.78. The second-order valence-electron chi connectivity index (χ2n) is 1.62. The number of carbonyl (C=O) groups excluding carboxylic acids is 1. The van der Waals surface area contributed by atoms with E-state index in [1.165, 1.54) is 11.8 Å². The third-order valence-electron chi connectivity index (χ3n) is 0.867. The molecule has 0 fully saturated rings. The first kappa shape index (κ1) is 4.57. The van der Waals surface area contributed by atoms with E-state index in [1.54, 1.807) is 6.26 Å². The van der Waals surface area contributed by atoms with Gasteiger partial charge in [0.15, 0.2) is 0 Å². The minimum absolute atomic E-state index is 0.111. The maximum absolute atomic E-state index is 10.4. The molecule has 0 heterocycles. The predicted octanol–water partition coefficient (Wildman–Crippen LogP) is -1.90. The molecule has 0 spiro atoms. The average molecular weight is 152 g/mol. The molecule has 0 aliphatic rings. The molecule has 0 saturated carbocycles. The predicted molar refractivity (Wildman–Crippen MR) is 34.7 cm³/mol. The van der Waals surface area contributed by atoms with E-state index in [0.717, 1.165) is 0 Å². The van der Waals surface area contributed by atoms with Gasteiger partial charge in [0.05, 0.1) is 5.97 Å². The van der Waals surface area contributed by atoms with Gasteiger partial charge in [-0.25, -0.2) is 0 Å². The highest BCUT2D eigenvalue weighted by atomic mass is 32.2. The number of thioether (sulfide) groups is 1. The number of carboxylic acids is 1. The van der Waals surface area contributed by atoms with Crippen molar-refractivity contribution in [1.29, 1.82) is 0 Å². The first-order chi connectivity index (χ1) is 5.39. The van der Waals surface area contributed by atoms with Crippen molar-refractivity contribution in [2.75, 3.05) is 12.0 Å². The molecule has 0 aromatic carbocycles. The van der Waals surface area contributed by atoms with E-state index in [1.807, 2.05) is 0 Å². The Morgan fingerprint density at radius 2 is 2.78 bits per heavy atom. The molecule has 9 heavy (non-hydrogen) atoms. The van der Waals surface area contributed by atoms with Crippen LogP contribution in [0.3, 0.4) is 0 Å². The van der Waals surface area contributed by atoms with Crippen LogP contribution in [-0.2, 0) is 4.79 Å². The topological polar surface area (TPSA) is 67.8 Å². The summed E-state index contributed by atoms with van der Waals surface area (Å²) in [4.78, 5) is 10.4. The van der Waals surface area contributed by atoms with Gasteiger partial charge in [0, 0.05) is 6.42 Å². The molecule has 0 amide bonds. The van der Waals surface area contributed by atoms with Crippen molar-refractivity contribution < 1.29 is 19.8 Å². The van der Waals surface area contributed by atoms with Gasteiger partial charge in [-0.2, -0.15) is 11.8 Å². The van der Waals surface area contributed by atoms with Gasteiger partial charge in [0.1, 0.15) is 6.04 Å². The first-order valence-corrected chi connectivity index (χ1v) is 3.95. The molecule has 0 rings (SSSR count). The number of aliphatic carboxylic acids is 1. The molecule has 0 aliphatic heterocycles. The highest BCUT2D eigenvalue weighted by molar-refractivity contribution is 7.98. The van der Waals surface area contributed by atoms with Crippen LogP contribution in [-0.4, -0.2) is 24.0 Å². The van der Waals surface area contributed by atoms with Crippen LogP contribution >= 0.6 is 11.8 Å². The molecule has 4 heteroatoms. The summed E-state index contributed by atoms with van der Waals surface area (Å²) < 4.78 is 20.5. The Morgan fingerprint density at radius 3 is 3.11 bits per heavy atom. The van der Waals surface area contributed by atoms with Gasteiger partial charge >= 0.3 is 4.24 Å². The van der Waals surface area contributed by atoms with Crippen LogP contribution in [0.25, 0.3) is 0 Å². The molecule has 3 N–H and O–H groups in total. The van der Waals surface area contributed by atoms with E-state index in [9.17, 15) is 9.90 Å². The Morgan fingerprint density at radius 1 is 2.11 bits per heavy atom. The van der Waals surface area contributed by atoms with E-state index in [2.05, 4.69) is 0 Å². The zero-order valence-electron chi connectivity index (χ0n) is 8.16. The molecule has 0 saturated heterocycles. The number of quaternary nitrogens is 1. The van der Waals surface area contributed by atoms with Crippen LogP contribution in [0.2, 0.25) is 4.24 Å². The monoisotopic (exact) mass is 152 g/mol. The summed E-state index contributed by atoms with van der Waals surface area (Å²) in [6.45, 7) is 0. The molecule has 0 radical (unpaired) electrons. The second kappa shape index (κ2) is 4.64. The fraction of sp³-hybridized carbons (Fsp3) is 0.800. The van der Waals surface area contributed by atoms with E-state index in [0.29, 0.717) is 5.75 Å². The minimum atomic E-state index is -1.82. The van der Waals surface area contributed by atoms with Gasteiger partial charge in [0.2, 0.25) is 0 Å². The van der Waals surface area contributed by atoms with E-state index in [4.69, 9.17) is 4.24 Å². The summed E-state index contributed by atoms with van der Waals surface area (Å²) in [5.41, 5.74) is -1.82. The van der Waals surface area contributed by atoms with Gasteiger partial charge in [-0.05, 0) is 12.0 Å². The first-order valence-electron chi connectivity index (χ1n) is 3.90. The molecular formula is C5H11NO2S. The lowest BCUT2D eigenvalue weighted by Gasteiger charge is -2.06.